The molecule has 3 rings (SSSR count). The lowest BCUT2D eigenvalue weighted by molar-refractivity contribution is 0.0524. The molecule has 0 amide bonds. The maximum absolute atomic E-state index is 12.3. The summed E-state index contributed by atoms with van der Waals surface area (Å²) < 4.78 is 5.16. The van der Waals surface area contributed by atoms with Crippen LogP contribution in [0.2, 0.25) is 0 Å². The Morgan fingerprint density at radius 2 is 1.93 bits per heavy atom. The number of nitrogens with zero attached hydrogens (tertiary/aromatic N) is 3. The zero-order valence-electron chi connectivity index (χ0n) is 16.7. The van der Waals surface area contributed by atoms with Gasteiger partial charge in [-0.05, 0) is 56.9 Å². The fourth-order valence-corrected chi connectivity index (χ4v) is 3.40. The van der Waals surface area contributed by atoms with Crippen molar-refractivity contribution in [2.24, 2.45) is 0 Å². The molecule has 1 aromatic heterocycles. The van der Waals surface area contributed by atoms with Gasteiger partial charge in [-0.15, -0.1) is 0 Å². The summed E-state index contributed by atoms with van der Waals surface area (Å²) in [5.41, 5.74) is 4.30. The first kappa shape index (κ1) is 20.1. The van der Waals surface area contributed by atoms with Gasteiger partial charge < -0.3 is 20.1 Å². The summed E-state index contributed by atoms with van der Waals surface area (Å²) in [6.45, 7) is 7.97. The van der Waals surface area contributed by atoms with E-state index in [0.717, 1.165) is 5.69 Å². The third kappa shape index (κ3) is 4.98. The topological polar surface area (TPSA) is 87.6 Å². The third-order valence-electron chi connectivity index (χ3n) is 4.78. The molecule has 2 heterocycles. The minimum atomic E-state index is -0.416. The molecule has 0 radical (unpaired) electrons. The Morgan fingerprint density at radius 3 is 2.57 bits per heavy atom. The van der Waals surface area contributed by atoms with Crippen molar-refractivity contribution in [1.82, 2.24) is 9.97 Å². The van der Waals surface area contributed by atoms with E-state index in [1.165, 1.54) is 11.1 Å². The van der Waals surface area contributed by atoms with Crippen molar-refractivity contribution in [3.05, 3.63) is 46.8 Å². The van der Waals surface area contributed by atoms with E-state index in [0.29, 0.717) is 56.3 Å². The lowest BCUT2D eigenvalue weighted by Gasteiger charge is -2.29. The van der Waals surface area contributed by atoms with Crippen LogP contribution in [-0.4, -0.2) is 46.8 Å². The van der Waals surface area contributed by atoms with Gasteiger partial charge in [0.15, 0.2) is 0 Å². The number of hydrogen-bond acceptors (Lipinski definition) is 7. The monoisotopic (exact) mass is 384 g/mol. The number of anilines is 2. The number of aromatic nitrogens is 2. The number of carbonyl (C=O) groups excluding carboxylic acids is 1. The Labute approximate surface area is 165 Å². The Bertz CT molecular complexity index is 812. The summed E-state index contributed by atoms with van der Waals surface area (Å²) in [7, 11) is 0. The van der Waals surface area contributed by atoms with Crippen molar-refractivity contribution in [3.63, 3.8) is 0 Å². The van der Waals surface area contributed by atoms with Crippen molar-refractivity contribution >= 4 is 17.6 Å². The minimum Gasteiger partial charge on any atom is -0.462 e. The third-order valence-corrected chi connectivity index (χ3v) is 4.78. The Morgan fingerprint density at radius 1 is 1.25 bits per heavy atom. The van der Waals surface area contributed by atoms with Crippen molar-refractivity contribution in [3.8, 4) is 0 Å². The lowest BCUT2D eigenvalue weighted by atomic mass is 10.1. The molecule has 2 N–H and O–H groups in total. The number of carbonyl (C=O) groups is 1. The van der Waals surface area contributed by atoms with Gasteiger partial charge in [-0.2, -0.15) is 0 Å². The molecule has 7 heteroatoms. The number of aryl methyl sites for hydroxylation is 2. The van der Waals surface area contributed by atoms with E-state index in [1.54, 1.807) is 13.1 Å². The molecule has 1 fully saturated rings. The summed E-state index contributed by atoms with van der Waals surface area (Å²) in [6.07, 6.45) is 2.67. The number of esters is 1. The maximum atomic E-state index is 12.3. The highest BCUT2D eigenvalue weighted by Crippen LogP contribution is 2.20. The van der Waals surface area contributed by atoms with Crippen LogP contribution in [0.3, 0.4) is 0 Å². The van der Waals surface area contributed by atoms with Crippen LogP contribution in [0.25, 0.3) is 0 Å². The molecule has 7 nitrogen and oxygen atoms in total. The van der Waals surface area contributed by atoms with Crippen molar-refractivity contribution < 1.29 is 14.6 Å². The second kappa shape index (κ2) is 9.01. The van der Waals surface area contributed by atoms with Crippen molar-refractivity contribution in [1.29, 1.82) is 0 Å². The zero-order valence-corrected chi connectivity index (χ0v) is 16.7. The quantitative estimate of drug-likeness (QED) is 0.741. The van der Waals surface area contributed by atoms with Crippen LogP contribution in [0, 0.1) is 13.8 Å². The smallest absolute Gasteiger partial charge is 0.341 e. The first-order chi connectivity index (χ1) is 13.5. The van der Waals surface area contributed by atoms with Crippen LogP contribution in [0.5, 0.6) is 0 Å². The standard InChI is InChI=1S/C21H28N4O3/c1-4-28-20(27)18-12-23-21(25-7-5-17(26)6-8-25)24-19(18)13-22-16-10-14(2)9-15(3)11-16/h9-12,17,22,26H,4-8,13H2,1-3H3. The largest absolute Gasteiger partial charge is 0.462 e. The first-order valence-electron chi connectivity index (χ1n) is 9.74. The Kier molecular flexibility index (Phi) is 6.46. The summed E-state index contributed by atoms with van der Waals surface area (Å²) in [6, 6.07) is 6.24. The van der Waals surface area contributed by atoms with Gasteiger partial charge in [-0.3, -0.25) is 0 Å². The SMILES string of the molecule is CCOC(=O)c1cnc(N2CCC(O)CC2)nc1CNc1cc(C)cc(C)c1. The van der Waals surface area contributed by atoms with Gasteiger partial charge in [0.05, 0.1) is 24.9 Å². The molecule has 2 aromatic rings. The van der Waals surface area contributed by atoms with Gasteiger partial charge in [0.2, 0.25) is 5.95 Å². The van der Waals surface area contributed by atoms with Gasteiger partial charge in [0.1, 0.15) is 5.56 Å². The van der Waals surface area contributed by atoms with Gasteiger partial charge in [-0.25, -0.2) is 14.8 Å². The fraction of sp³-hybridized carbons (Fsp3) is 0.476. The van der Waals surface area contributed by atoms with Crippen molar-refractivity contribution in [2.75, 3.05) is 29.9 Å². The molecular formula is C21H28N4O3. The van der Waals surface area contributed by atoms with Gasteiger partial charge >= 0.3 is 5.97 Å². The number of benzene rings is 1. The van der Waals surface area contributed by atoms with E-state index in [1.807, 2.05) is 4.90 Å². The molecule has 1 aliphatic heterocycles. The van der Waals surface area contributed by atoms with Crippen molar-refractivity contribution in [2.45, 2.75) is 46.3 Å². The average Bonchev–Trinajstić information content (AvgIpc) is 2.66. The van der Waals surface area contributed by atoms with E-state index in [9.17, 15) is 9.90 Å². The summed E-state index contributed by atoms with van der Waals surface area (Å²) in [5, 5.41) is 13.1. The zero-order chi connectivity index (χ0) is 20.1. The molecule has 0 bridgehead atoms. The molecule has 0 aliphatic carbocycles. The number of aliphatic hydroxyl groups is 1. The molecule has 150 valence electrons. The van der Waals surface area contributed by atoms with E-state index in [-0.39, 0.29) is 6.10 Å². The molecule has 1 aromatic carbocycles. The number of hydrogen-bond donors (Lipinski definition) is 2. The highest BCUT2D eigenvalue weighted by atomic mass is 16.5. The number of ether oxygens (including phenoxy) is 1. The normalized spacial score (nSPS) is 14.8. The number of aliphatic hydroxyl groups excluding tert-OH is 1. The molecule has 0 unspecified atom stereocenters. The fourth-order valence-electron chi connectivity index (χ4n) is 3.40. The van der Waals surface area contributed by atoms with Crippen LogP contribution in [-0.2, 0) is 11.3 Å². The Hall–Kier alpha value is -2.67. The molecule has 1 saturated heterocycles. The number of nitrogens with one attached hydrogen (secondary N) is 1. The summed E-state index contributed by atoms with van der Waals surface area (Å²) in [4.78, 5) is 23.4. The van der Waals surface area contributed by atoms with E-state index < -0.39 is 5.97 Å². The van der Waals surface area contributed by atoms with Gasteiger partial charge in [0, 0.05) is 25.0 Å². The maximum Gasteiger partial charge on any atom is 0.341 e. The van der Waals surface area contributed by atoms with Crippen LogP contribution in [0.1, 0.15) is 46.9 Å². The first-order valence-corrected chi connectivity index (χ1v) is 9.74. The minimum absolute atomic E-state index is 0.263. The summed E-state index contributed by atoms with van der Waals surface area (Å²) >= 11 is 0. The van der Waals surface area contributed by atoms with E-state index in [2.05, 4.69) is 47.3 Å². The van der Waals surface area contributed by atoms with Gasteiger partial charge in [-0.1, -0.05) is 6.07 Å². The van der Waals surface area contributed by atoms with Gasteiger partial charge in [0.25, 0.3) is 0 Å². The molecular weight excluding hydrogens is 356 g/mol. The predicted octanol–water partition coefficient (Wildman–Crippen LogP) is 2.84. The summed E-state index contributed by atoms with van der Waals surface area (Å²) in [5.74, 6) is 0.164. The van der Waals surface area contributed by atoms with Crippen LogP contribution in [0.15, 0.2) is 24.4 Å². The molecule has 1 aliphatic rings. The van der Waals surface area contributed by atoms with Crippen LogP contribution >= 0.6 is 0 Å². The highest BCUT2D eigenvalue weighted by Gasteiger charge is 2.22. The second-order valence-corrected chi connectivity index (χ2v) is 7.20. The van der Waals surface area contributed by atoms with Crippen LogP contribution in [0.4, 0.5) is 11.6 Å². The van der Waals surface area contributed by atoms with E-state index in [4.69, 9.17) is 4.74 Å². The molecule has 0 spiro atoms. The molecule has 0 atom stereocenters. The number of rotatable bonds is 6. The van der Waals surface area contributed by atoms with E-state index >= 15 is 0 Å². The van der Waals surface area contributed by atoms with Crippen LogP contribution < -0.4 is 10.2 Å². The number of piperidine rings is 1. The second-order valence-electron chi connectivity index (χ2n) is 7.20. The molecule has 0 saturated carbocycles. The predicted molar refractivity (Wildman–Crippen MR) is 109 cm³/mol. The lowest BCUT2D eigenvalue weighted by Crippen LogP contribution is -2.37. The Balaban J connectivity index is 1.84. The average molecular weight is 384 g/mol. The molecule has 28 heavy (non-hydrogen) atoms. The highest BCUT2D eigenvalue weighted by molar-refractivity contribution is 5.90.